The zero-order valence-corrected chi connectivity index (χ0v) is 14.7. The van der Waals surface area contributed by atoms with E-state index in [-0.39, 0.29) is 11.8 Å². The number of methoxy groups -OCH3 is 4. The monoisotopic (exact) mass is 343 g/mol. The summed E-state index contributed by atoms with van der Waals surface area (Å²) in [4.78, 5) is 12.2. The van der Waals surface area contributed by atoms with Crippen LogP contribution in [0.25, 0.3) is 0 Å². The second kappa shape index (κ2) is 6.93. The molecule has 1 aliphatic rings. The number of benzene rings is 2. The van der Waals surface area contributed by atoms with Gasteiger partial charge in [-0.1, -0.05) is 6.07 Å². The van der Waals surface area contributed by atoms with E-state index in [1.807, 2.05) is 24.3 Å². The molecular weight excluding hydrogens is 322 g/mol. The summed E-state index contributed by atoms with van der Waals surface area (Å²) in [6, 6.07) is 9.31. The van der Waals surface area contributed by atoms with Gasteiger partial charge in [0.15, 0.2) is 11.5 Å². The first-order valence-electron chi connectivity index (χ1n) is 7.89. The van der Waals surface area contributed by atoms with Crippen LogP contribution in [0.3, 0.4) is 0 Å². The summed E-state index contributed by atoms with van der Waals surface area (Å²) in [6.07, 6.45) is 0.325. The van der Waals surface area contributed by atoms with Crippen LogP contribution in [0.2, 0.25) is 0 Å². The number of carbonyl (C=O) groups is 1. The Bertz CT molecular complexity index is 803. The standard InChI is InChI=1S/C19H21NO5/c1-22-11-5-6-12(16(7-11)23-2)13-9-19(21)20-15-10-18(25-4)17(24-3)8-14(13)15/h5-8,10,13H,9H2,1-4H3,(H,20,21). The minimum atomic E-state index is -0.149. The molecule has 1 atom stereocenters. The third-order valence-corrected chi connectivity index (χ3v) is 4.41. The Kier molecular flexibility index (Phi) is 4.70. The predicted octanol–water partition coefficient (Wildman–Crippen LogP) is 3.20. The summed E-state index contributed by atoms with van der Waals surface area (Å²) in [5, 5.41) is 2.91. The molecule has 0 radical (unpaired) electrons. The van der Waals surface area contributed by atoms with Crippen LogP contribution in [0.15, 0.2) is 30.3 Å². The average Bonchev–Trinajstić information content (AvgIpc) is 2.65. The van der Waals surface area contributed by atoms with Crippen molar-refractivity contribution in [3.63, 3.8) is 0 Å². The lowest BCUT2D eigenvalue weighted by molar-refractivity contribution is -0.116. The van der Waals surface area contributed by atoms with Crippen LogP contribution in [0.4, 0.5) is 5.69 Å². The molecule has 0 saturated carbocycles. The SMILES string of the molecule is COc1ccc(C2CC(=O)Nc3cc(OC)c(OC)cc32)c(OC)c1. The van der Waals surface area contributed by atoms with E-state index in [1.165, 1.54) is 0 Å². The zero-order chi connectivity index (χ0) is 18.0. The van der Waals surface area contributed by atoms with Crippen molar-refractivity contribution in [1.29, 1.82) is 0 Å². The Labute approximate surface area is 146 Å². The van der Waals surface area contributed by atoms with E-state index < -0.39 is 0 Å². The number of nitrogens with one attached hydrogen (secondary N) is 1. The zero-order valence-electron chi connectivity index (χ0n) is 14.7. The van der Waals surface area contributed by atoms with Crippen molar-refractivity contribution in [3.05, 3.63) is 41.5 Å². The van der Waals surface area contributed by atoms with E-state index >= 15 is 0 Å². The molecule has 0 aromatic heterocycles. The molecule has 2 aromatic rings. The minimum absolute atomic E-state index is 0.0532. The van der Waals surface area contributed by atoms with Gasteiger partial charge in [-0.2, -0.15) is 0 Å². The summed E-state index contributed by atoms with van der Waals surface area (Å²) in [7, 11) is 6.37. The van der Waals surface area contributed by atoms with E-state index in [4.69, 9.17) is 18.9 Å². The van der Waals surface area contributed by atoms with Gasteiger partial charge < -0.3 is 24.3 Å². The second-order valence-electron chi connectivity index (χ2n) is 5.71. The van der Waals surface area contributed by atoms with Crippen LogP contribution in [0, 0.1) is 0 Å². The third-order valence-electron chi connectivity index (χ3n) is 4.41. The van der Waals surface area contributed by atoms with Crippen LogP contribution in [0.1, 0.15) is 23.5 Å². The highest BCUT2D eigenvalue weighted by Crippen LogP contribution is 2.45. The van der Waals surface area contributed by atoms with E-state index in [9.17, 15) is 4.79 Å². The van der Waals surface area contributed by atoms with Gasteiger partial charge in [0.2, 0.25) is 5.91 Å². The van der Waals surface area contributed by atoms with Crippen molar-refractivity contribution < 1.29 is 23.7 Å². The molecule has 0 bridgehead atoms. The highest BCUT2D eigenvalue weighted by Gasteiger charge is 2.30. The number of fused-ring (bicyclic) bond motifs is 1. The van der Waals surface area contributed by atoms with Gasteiger partial charge in [0, 0.05) is 35.7 Å². The van der Waals surface area contributed by atoms with E-state index in [0.717, 1.165) is 16.8 Å². The van der Waals surface area contributed by atoms with Crippen molar-refractivity contribution >= 4 is 11.6 Å². The van der Waals surface area contributed by atoms with Gasteiger partial charge in [-0.15, -0.1) is 0 Å². The van der Waals surface area contributed by atoms with Crippen LogP contribution in [-0.4, -0.2) is 34.3 Å². The molecular formula is C19H21NO5. The Morgan fingerprint density at radius 2 is 1.52 bits per heavy atom. The molecule has 0 aliphatic carbocycles. The minimum Gasteiger partial charge on any atom is -0.497 e. The van der Waals surface area contributed by atoms with Gasteiger partial charge in [-0.3, -0.25) is 4.79 Å². The number of hydrogen-bond acceptors (Lipinski definition) is 5. The number of rotatable bonds is 5. The van der Waals surface area contributed by atoms with Crippen LogP contribution in [-0.2, 0) is 4.79 Å². The van der Waals surface area contributed by atoms with Crippen molar-refractivity contribution in [2.45, 2.75) is 12.3 Å². The summed E-state index contributed by atoms with van der Waals surface area (Å²) < 4.78 is 21.5. The van der Waals surface area contributed by atoms with Crippen LogP contribution >= 0.6 is 0 Å². The van der Waals surface area contributed by atoms with Gasteiger partial charge in [-0.25, -0.2) is 0 Å². The number of amides is 1. The fourth-order valence-corrected chi connectivity index (χ4v) is 3.17. The lowest BCUT2D eigenvalue weighted by Gasteiger charge is -2.28. The Morgan fingerprint density at radius 1 is 0.840 bits per heavy atom. The maximum atomic E-state index is 12.2. The number of carbonyl (C=O) groups excluding carboxylic acids is 1. The molecule has 25 heavy (non-hydrogen) atoms. The molecule has 0 spiro atoms. The topological polar surface area (TPSA) is 66.0 Å². The van der Waals surface area contributed by atoms with Gasteiger partial charge in [0.1, 0.15) is 11.5 Å². The number of hydrogen-bond donors (Lipinski definition) is 1. The van der Waals surface area contributed by atoms with Gasteiger partial charge in [0.25, 0.3) is 0 Å². The summed E-state index contributed by atoms with van der Waals surface area (Å²) in [5.41, 5.74) is 2.60. The van der Waals surface area contributed by atoms with Gasteiger partial charge >= 0.3 is 0 Å². The molecule has 1 heterocycles. The second-order valence-corrected chi connectivity index (χ2v) is 5.71. The smallest absolute Gasteiger partial charge is 0.225 e. The normalized spacial score (nSPS) is 15.8. The summed E-state index contributed by atoms with van der Waals surface area (Å²) >= 11 is 0. The summed E-state index contributed by atoms with van der Waals surface area (Å²) in [5.74, 6) is 2.37. The molecule has 1 N–H and O–H groups in total. The van der Waals surface area contributed by atoms with Crippen molar-refractivity contribution in [2.75, 3.05) is 33.8 Å². The molecule has 1 amide bonds. The van der Waals surface area contributed by atoms with Crippen molar-refractivity contribution in [2.24, 2.45) is 0 Å². The third kappa shape index (κ3) is 3.07. The first-order valence-corrected chi connectivity index (χ1v) is 7.89. The van der Waals surface area contributed by atoms with Crippen molar-refractivity contribution in [1.82, 2.24) is 0 Å². The first kappa shape index (κ1) is 17.0. The van der Waals surface area contributed by atoms with Crippen LogP contribution in [0.5, 0.6) is 23.0 Å². The molecule has 0 saturated heterocycles. The van der Waals surface area contributed by atoms with E-state index in [1.54, 1.807) is 34.5 Å². The molecule has 2 aromatic carbocycles. The van der Waals surface area contributed by atoms with Gasteiger partial charge in [-0.05, 0) is 17.7 Å². The summed E-state index contributed by atoms with van der Waals surface area (Å²) in [6.45, 7) is 0. The fraction of sp³-hybridized carbons (Fsp3) is 0.316. The van der Waals surface area contributed by atoms with Gasteiger partial charge in [0.05, 0.1) is 28.4 Å². The Morgan fingerprint density at radius 3 is 2.16 bits per heavy atom. The molecule has 6 nitrogen and oxygen atoms in total. The number of ether oxygens (including phenoxy) is 4. The maximum absolute atomic E-state index is 12.2. The Balaban J connectivity index is 2.15. The van der Waals surface area contributed by atoms with E-state index in [0.29, 0.717) is 29.4 Å². The molecule has 6 heteroatoms. The first-order chi connectivity index (χ1) is 12.1. The molecule has 1 unspecified atom stereocenters. The Hall–Kier alpha value is -2.89. The average molecular weight is 343 g/mol. The highest BCUT2D eigenvalue weighted by atomic mass is 16.5. The maximum Gasteiger partial charge on any atom is 0.225 e. The van der Waals surface area contributed by atoms with Crippen LogP contribution < -0.4 is 24.3 Å². The van der Waals surface area contributed by atoms with Crippen molar-refractivity contribution in [3.8, 4) is 23.0 Å². The lowest BCUT2D eigenvalue weighted by atomic mass is 9.84. The quantitative estimate of drug-likeness (QED) is 0.903. The molecule has 0 fully saturated rings. The highest BCUT2D eigenvalue weighted by molar-refractivity contribution is 5.96. The predicted molar refractivity (Wildman–Crippen MR) is 94.2 cm³/mol. The molecule has 3 rings (SSSR count). The lowest BCUT2D eigenvalue weighted by Crippen LogP contribution is -2.24. The van der Waals surface area contributed by atoms with E-state index in [2.05, 4.69) is 5.32 Å². The molecule has 132 valence electrons. The fourth-order valence-electron chi connectivity index (χ4n) is 3.17. The number of anilines is 1. The largest absolute Gasteiger partial charge is 0.497 e. The molecule has 1 aliphatic heterocycles.